The van der Waals surface area contributed by atoms with Crippen molar-refractivity contribution in [2.75, 3.05) is 20.3 Å². The summed E-state index contributed by atoms with van der Waals surface area (Å²) in [4.78, 5) is 21.4. The molecule has 0 spiro atoms. The second-order valence-electron chi connectivity index (χ2n) is 7.17. The minimum Gasteiger partial charge on any atom is -0.491 e. The summed E-state index contributed by atoms with van der Waals surface area (Å²) < 4.78 is 12.3. The van der Waals surface area contributed by atoms with Gasteiger partial charge in [-0.1, -0.05) is 35.9 Å². The molecule has 0 saturated carbocycles. The Bertz CT molecular complexity index is 1380. The molecule has 0 fully saturated rings. The maximum Gasteiger partial charge on any atom is 0.263 e. The number of rotatable bonds is 7. The predicted molar refractivity (Wildman–Crippen MR) is 129 cm³/mol. The Morgan fingerprint density at radius 2 is 1.88 bits per heavy atom. The van der Waals surface area contributed by atoms with Gasteiger partial charge in [-0.15, -0.1) is 0 Å². The summed E-state index contributed by atoms with van der Waals surface area (Å²) >= 11 is 6.36. The van der Waals surface area contributed by atoms with E-state index in [2.05, 4.69) is 9.83 Å². The fraction of sp³-hybridized carbons (Fsp3) is 0.115. The Balaban J connectivity index is 1.94. The normalized spacial score (nSPS) is 10.6. The first-order valence-electron chi connectivity index (χ1n) is 10.2. The van der Waals surface area contributed by atoms with Gasteiger partial charge in [0.05, 0.1) is 25.1 Å². The van der Waals surface area contributed by atoms with Crippen LogP contribution in [0.1, 0.15) is 0 Å². The number of aromatic nitrogens is 2. The van der Waals surface area contributed by atoms with E-state index >= 15 is 0 Å². The summed E-state index contributed by atoms with van der Waals surface area (Å²) in [6.45, 7) is 8.34. The van der Waals surface area contributed by atoms with Crippen molar-refractivity contribution in [3.63, 3.8) is 0 Å². The molecule has 6 nitrogen and oxygen atoms in total. The molecule has 0 bridgehead atoms. The van der Waals surface area contributed by atoms with Gasteiger partial charge in [-0.2, -0.15) is 0 Å². The average Bonchev–Trinajstić information content (AvgIpc) is 2.84. The first-order chi connectivity index (χ1) is 16.1. The predicted octanol–water partition coefficient (Wildman–Crippen LogP) is 5.80. The maximum absolute atomic E-state index is 13.6. The summed E-state index contributed by atoms with van der Waals surface area (Å²) in [6.07, 6.45) is 4.99. The third-order valence-electron chi connectivity index (χ3n) is 5.02. The molecule has 33 heavy (non-hydrogen) atoms. The molecule has 4 rings (SSSR count). The molecule has 2 aromatic heterocycles. The third-order valence-corrected chi connectivity index (χ3v) is 5.23. The number of ether oxygens (including phenoxy) is 2. The van der Waals surface area contributed by atoms with Crippen molar-refractivity contribution in [1.82, 2.24) is 9.55 Å². The number of halogens is 1. The quantitative estimate of drug-likeness (QED) is 0.260. The molecular weight excluding hydrogens is 438 g/mol. The van der Waals surface area contributed by atoms with Crippen molar-refractivity contribution in [1.29, 1.82) is 0 Å². The lowest BCUT2D eigenvalue weighted by molar-refractivity contribution is 0.146. The minimum absolute atomic E-state index is 0.239. The molecule has 0 aliphatic carbocycles. The topological polar surface area (TPSA) is 57.7 Å². The van der Waals surface area contributed by atoms with Gasteiger partial charge in [-0.25, -0.2) is 4.85 Å². The van der Waals surface area contributed by atoms with E-state index in [1.165, 1.54) is 4.57 Å². The van der Waals surface area contributed by atoms with Crippen molar-refractivity contribution in [3.8, 4) is 33.7 Å². The van der Waals surface area contributed by atoms with Crippen LogP contribution in [0.15, 0.2) is 84.0 Å². The third kappa shape index (κ3) is 4.96. The van der Waals surface area contributed by atoms with Gasteiger partial charge in [-0.3, -0.25) is 14.3 Å². The lowest BCUT2D eigenvalue weighted by atomic mass is 10.00. The fourth-order valence-corrected chi connectivity index (χ4v) is 3.71. The number of hydrogen-bond donors (Lipinski definition) is 0. The van der Waals surface area contributed by atoms with Crippen LogP contribution in [0, 0.1) is 6.57 Å². The van der Waals surface area contributed by atoms with Gasteiger partial charge in [-0.05, 0) is 53.1 Å². The molecular formula is C26H20ClN3O3. The summed E-state index contributed by atoms with van der Waals surface area (Å²) in [6, 6.07) is 17.8. The van der Waals surface area contributed by atoms with E-state index < -0.39 is 0 Å². The number of benzene rings is 2. The Morgan fingerprint density at radius 3 is 2.64 bits per heavy atom. The Hall–Kier alpha value is -3.92. The van der Waals surface area contributed by atoms with Crippen LogP contribution in [-0.4, -0.2) is 29.9 Å². The number of methoxy groups -OCH3 is 1. The zero-order chi connectivity index (χ0) is 23.2. The maximum atomic E-state index is 13.6. The molecule has 4 aromatic rings. The van der Waals surface area contributed by atoms with Crippen LogP contribution in [0.5, 0.6) is 5.75 Å². The van der Waals surface area contributed by atoms with Gasteiger partial charge in [0, 0.05) is 30.1 Å². The lowest BCUT2D eigenvalue weighted by Crippen LogP contribution is -2.20. The van der Waals surface area contributed by atoms with E-state index in [9.17, 15) is 4.79 Å². The second-order valence-corrected chi connectivity index (χ2v) is 7.61. The molecule has 0 atom stereocenters. The van der Waals surface area contributed by atoms with Crippen LogP contribution in [-0.2, 0) is 4.74 Å². The van der Waals surface area contributed by atoms with Crippen LogP contribution in [0.3, 0.4) is 0 Å². The van der Waals surface area contributed by atoms with Gasteiger partial charge in [0.25, 0.3) is 5.56 Å². The van der Waals surface area contributed by atoms with E-state index in [0.29, 0.717) is 46.5 Å². The highest BCUT2D eigenvalue weighted by molar-refractivity contribution is 6.31. The van der Waals surface area contributed by atoms with Gasteiger partial charge < -0.3 is 9.47 Å². The number of hydrogen-bond acceptors (Lipinski definition) is 4. The Kier molecular flexibility index (Phi) is 6.84. The number of para-hydroxylation sites is 1. The van der Waals surface area contributed by atoms with Crippen molar-refractivity contribution in [2.24, 2.45) is 0 Å². The molecule has 0 aliphatic heterocycles. The Morgan fingerprint density at radius 1 is 1.03 bits per heavy atom. The van der Waals surface area contributed by atoms with E-state index in [4.69, 9.17) is 27.6 Å². The molecule has 0 saturated heterocycles. The van der Waals surface area contributed by atoms with E-state index in [1.54, 1.807) is 68.2 Å². The molecule has 0 unspecified atom stereocenters. The minimum atomic E-state index is -0.239. The number of nitrogens with zero attached hydrogens (tertiary/aromatic N) is 3. The van der Waals surface area contributed by atoms with Crippen molar-refractivity contribution >= 4 is 17.3 Å². The van der Waals surface area contributed by atoms with Crippen LogP contribution in [0.2, 0.25) is 5.02 Å². The summed E-state index contributed by atoms with van der Waals surface area (Å²) in [7, 11) is 1.60. The van der Waals surface area contributed by atoms with Gasteiger partial charge in [0.2, 0.25) is 0 Å². The van der Waals surface area contributed by atoms with Crippen LogP contribution >= 0.6 is 11.6 Å². The van der Waals surface area contributed by atoms with Crippen molar-refractivity contribution < 1.29 is 9.47 Å². The fourth-order valence-electron chi connectivity index (χ4n) is 3.48. The molecule has 2 heterocycles. The van der Waals surface area contributed by atoms with E-state index in [-0.39, 0.29) is 5.56 Å². The summed E-state index contributed by atoms with van der Waals surface area (Å²) in [5.74, 6) is 0.536. The number of pyridine rings is 2. The Labute approximate surface area is 196 Å². The average molecular weight is 458 g/mol. The molecule has 164 valence electrons. The van der Waals surface area contributed by atoms with Gasteiger partial charge in [0.15, 0.2) is 5.69 Å². The summed E-state index contributed by atoms with van der Waals surface area (Å²) in [5.41, 5.74) is 3.36. The highest BCUT2D eigenvalue weighted by Gasteiger charge is 2.15. The largest absolute Gasteiger partial charge is 0.491 e. The molecule has 0 amide bonds. The van der Waals surface area contributed by atoms with Crippen LogP contribution in [0.4, 0.5) is 5.69 Å². The molecule has 0 N–H and O–H groups in total. The zero-order valence-corrected chi connectivity index (χ0v) is 18.6. The lowest BCUT2D eigenvalue weighted by Gasteiger charge is -2.14. The van der Waals surface area contributed by atoms with Gasteiger partial charge in [0.1, 0.15) is 12.4 Å². The van der Waals surface area contributed by atoms with Crippen LogP contribution in [0.25, 0.3) is 32.8 Å². The standard InChI is InChI=1S/C26H20ClN3O3/c1-28-25-8-4-3-7-23(25)19-14-24(26(31)30(17-19)21-6-5-9-29-16-21)18-12-20(27)15-22(13-18)33-11-10-32-2/h3-9,12-17H,10-11H2,2H3. The summed E-state index contributed by atoms with van der Waals surface area (Å²) in [5, 5.41) is 0.444. The molecule has 0 radical (unpaired) electrons. The van der Waals surface area contributed by atoms with Gasteiger partial charge >= 0.3 is 0 Å². The van der Waals surface area contributed by atoms with Crippen molar-refractivity contribution in [2.45, 2.75) is 0 Å². The first-order valence-corrected chi connectivity index (χ1v) is 10.5. The highest BCUT2D eigenvalue weighted by atomic mass is 35.5. The molecule has 0 aliphatic rings. The zero-order valence-electron chi connectivity index (χ0n) is 17.9. The monoisotopic (exact) mass is 457 g/mol. The van der Waals surface area contributed by atoms with E-state index in [1.807, 2.05) is 18.2 Å². The molecule has 2 aromatic carbocycles. The SMILES string of the molecule is [C-]#[N+]c1ccccc1-c1cc(-c2cc(Cl)cc(OCCOC)c2)c(=O)n(-c2cccnc2)c1. The van der Waals surface area contributed by atoms with Crippen molar-refractivity contribution in [3.05, 3.63) is 106 Å². The molecule has 7 heteroatoms. The first kappa shape index (κ1) is 22.3. The van der Waals surface area contributed by atoms with Crippen LogP contribution < -0.4 is 10.3 Å². The van der Waals surface area contributed by atoms with E-state index in [0.717, 1.165) is 11.1 Å². The second kappa shape index (κ2) is 10.1. The highest BCUT2D eigenvalue weighted by Crippen LogP contribution is 2.33. The smallest absolute Gasteiger partial charge is 0.263 e.